The molecule has 4 heteroatoms. The summed E-state index contributed by atoms with van der Waals surface area (Å²) >= 11 is 0. The predicted molar refractivity (Wildman–Crippen MR) is 76.5 cm³/mol. The standard InChI is InChI=1S/C15H26N2O2/c1-3-4-5-6-7-8-9-10-11-17-13(2)16-12-14(17)15(18)19/h12H,3-11H2,1-2H3,(H,18,19). The van der Waals surface area contributed by atoms with Crippen LogP contribution in [0, 0.1) is 6.92 Å². The van der Waals surface area contributed by atoms with Crippen LogP contribution in [0.15, 0.2) is 6.20 Å². The van der Waals surface area contributed by atoms with E-state index in [9.17, 15) is 4.79 Å². The number of aromatic nitrogens is 2. The monoisotopic (exact) mass is 266 g/mol. The fourth-order valence-corrected chi connectivity index (χ4v) is 2.32. The molecule has 1 heterocycles. The third-order valence-corrected chi connectivity index (χ3v) is 3.51. The van der Waals surface area contributed by atoms with Crippen LogP contribution in [-0.2, 0) is 6.54 Å². The molecule has 1 rings (SSSR count). The first kappa shape index (κ1) is 15.7. The highest BCUT2D eigenvalue weighted by atomic mass is 16.4. The minimum Gasteiger partial charge on any atom is -0.477 e. The van der Waals surface area contributed by atoms with Gasteiger partial charge in [-0.25, -0.2) is 9.78 Å². The number of rotatable bonds is 10. The van der Waals surface area contributed by atoms with Gasteiger partial charge in [-0.1, -0.05) is 51.9 Å². The molecule has 0 amide bonds. The van der Waals surface area contributed by atoms with Crippen molar-refractivity contribution in [3.63, 3.8) is 0 Å². The first-order valence-electron chi connectivity index (χ1n) is 7.42. The van der Waals surface area contributed by atoms with Crippen molar-refractivity contribution in [2.75, 3.05) is 0 Å². The van der Waals surface area contributed by atoms with Gasteiger partial charge >= 0.3 is 5.97 Å². The number of unbranched alkanes of at least 4 members (excludes halogenated alkanes) is 7. The lowest BCUT2D eigenvalue weighted by Crippen LogP contribution is -2.10. The maximum atomic E-state index is 11.0. The molecule has 1 aromatic heterocycles. The lowest BCUT2D eigenvalue weighted by atomic mass is 10.1. The van der Waals surface area contributed by atoms with Gasteiger partial charge in [0.05, 0.1) is 6.20 Å². The van der Waals surface area contributed by atoms with Crippen LogP contribution >= 0.6 is 0 Å². The van der Waals surface area contributed by atoms with Crippen molar-refractivity contribution in [2.45, 2.75) is 71.8 Å². The first-order chi connectivity index (χ1) is 9.16. The number of hydrogen-bond donors (Lipinski definition) is 1. The smallest absolute Gasteiger partial charge is 0.354 e. The summed E-state index contributed by atoms with van der Waals surface area (Å²) in [4.78, 5) is 15.1. The second kappa shape index (κ2) is 8.73. The molecule has 1 N–H and O–H groups in total. The maximum Gasteiger partial charge on any atom is 0.354 e. The van der Waals surface area contributed by atoms with Crippen LogP contribution in [0.5, 0.6) is 0 Å². The molecule has 0 radical (unpaired) electrons. The number of carboxylic acids is 1. The average Bonchev–Trinajstić information content (AvgIpc) is 2.74. The van der Waals surface area contributed by atoms with E-state index in [2.05, 4.69) is 11.9 Å². The number of hydrogen-bond acceptors (Lipinski definition) is 2. The highest BCUT2D eigenvalue weighted by Gasteiger charge is 2.12. The Labute approximate surface area is 115 Å². The van der Waals surface area contributed by atoms with Crippen LogP contribution in [0.25, 0.3) is 0 Å². The van der Waals surface area contributed by atoms with Gasteiger partial charge in [-0.15, -0.1) is 0 Å². The summed E-state index contributed by atoms with van der Waals surface area (Å²) in [7, 11) is 0. The molecule has 0 spiro atoms. The van der Waals surface area contributed by atoms with Crippen molar-refractivity contribution in [1.29, 1.82) is 0 Å². The molecule has 0 saturated carbocycles. The van der Waals surface area contributed by atoms with Crippen molar-refractivity contribution >= 4 is 5.97 Å². The molecule has 0 aliphatic carbocycles. The molecule has 1 aromatic rings. The Morgan fingerprint density at radius 3 is 2.32 bits per heavy atom. The van der Waals surface area contributed by atoms with Crippen LogP contribution in [0.3, 0.4) is 0 Å². The molecular weight excluding hydrogens is 240 g/mol. The zero-order valence-electron chi connectivity index (χ0n) is 12.2. The molecule has 4 nitrogen and oxygen atoms in total. The van der Waals surface area contributed by atoms with E-state index >= 15 is 0 Å². The molecule has 0 aliphatic rings. The topological polar surface area (TPSA) is 55.1 Å². The highest BCUT2D eigenvalue weighted by molar-refractivity contribution is 5.85. The predicted octanol–water partition coefficient (Wildman–Crippen LogP) is 4.03. The van der Waals surface area contributed by atoms with Gasteiger partial charge in [0.1, 0.15) is 11.5 Å². The van der Waals surface area contributed by atoms with Crippen LogP contribution in [0.4, 0.5) is 0 Å². The van der Waals surface area contributed by atoms with Crippen molar-refractivity contribution in [3.05, 3.63) is 17.7 Å². The third-order valence-electron chi connectivity index (χ3n) is 3.51. The normalized spacial score (nSPS) is 10.8. The molecule has 108 valence electrons. The Hall–Kier alpha value is -1.32. The van der Waals surface area contributed by atoms with Crippen molar-refractivity contribution in [3.8, 4) is 0 Å². The number of aromatic carboxylic acids is 1. The summed E-state index contributed by atoms with van der Waals surface area (Å²) in [5, 5.41) is 9.04. The maximum absolute atomic E-state index is 11.0. The van der Waals surface area contributed by atoms with Gasteiger partial charge in [-0.2, -0.15) is 0 Å². The Bertz CT molecular complexity index is 385. The van der Waals surface area contributed by atoms with Crippen LogP contribution in [0.1, 0.15) is 74.6 Å². The largest absolute Gasteiger partial charge is 0.477 e. The molecule has 0 fully saturated rings. The quantitative estimate of drug-likeness (QED) is 0.650. The molecular formula is C15H26N2O2. The van der Waals surface area contributed by atoms with Crippen LogP contribution < -0.4 is 0 Å². The van der Waals surface area contributed by atoms with E-state index in [1.165, 1.54) is 51.1 Å². The number of imidazole rings is 1. The van der Waals surface area contributed by atoms with E-state index in [0.717, 1.165) is 18.8 Å². The van der Waals surface area contributed by atoms with Crippen molar-refractivity contribution in [1.82, 2.24) is 9.55 Å². The highest BCUT2D eigenvalue weighted by Crippen LogP contribution is 2.11. The number of aryl methyl sites for hydroxylation is 1. The minimum absolute atomic E-state index is 0.306. The molecule has 0 aliphatic heterocycles. The zero-order valence-corrected chi connectivity index (χ0v) is 12.2. The molecule has 0 atom stereocenters. The van der Waals surface area contributed by atoms with Gasteiger partial charge in [0, 0.05) is 6.54 Å². The summed E-state index contributed by atoms with van der Waals surface area (Å²) < 4.78 is 1.80. The van der Waals surface area contributed by atoms with E-state index in [-0.39, 0.29) is 0 Å². The summed E-state index contributed by atoms with van der Waals surface area (Å²) in [6.45, 7) is 4.85. The van der Waals surface area contributed by atoms with E-state index in [4.69, 9.17) is 5.11 Å². The van der Waals surface area contributed by atoms with Gasteiger partial charge in [0.25, 0.3) is 0 Å². The van der Waals surface area contributed by atoms with E-state index in [1.807, 2.05) is 6.92 Å². The number of carboxylic acid groups (broad SMARTS) is 1. The molecule has 19 heavy (non-hydrogen) atoms. The Kier molecular flexibility index (Phi) is 7.23. The molecule has 0 saturated heterocycles. The van der Waals surface area contributed by atoms with Crippen LogP contribution in [-0.4, -0.2) is 20.6 Å². The Balaban J connectivity index is 2.19. The SMILES string of the molecule is CCCCCCCCCCn1c(C(=O)O)cnc1C. The van der Waals surface area contributed by atoms with Gasteiger partial charge in [-0.05, 0) is 13.3 Å². The second-order valence-electron chi connectivity index (χ2n) is 5.12. The lowest BCUT2D eigenvalue weighted by Gasteiger charge is -2.07. The van der Waals surface area contributed by atoms with Gasteiger partial charge < -0.3 is 9.67 Å². The fraction of sp³-hybridized carbons (Fsp3) is 0.733. The number of carbonyl (C=O) groups is 1. The number of nitrogens with zero attached hydrogens (tertiary/aromatic N) is 2. The zero-order chi connectivity index (χ0) is 14.1. The van der Waals surface area contributed by atoms with Crippen LogP contribution in [0.2, 0.25) is 0 Å². The lowest BCUT2D eigenvalue weighted by molar-refractivity contribution is 0.0684. The molecule has 0 unspecified atom stereocenters. The van der Waals surface area contributed by atoms with Gasteiger partial charge in [0.15, 0.2) is 0 Å². The van der Waals surface area contributed by atoms with E-state index in [1.54, 1.807) is 4.57 Å². The van der Waals surface area contributed by atoms with Crippen molar-refractivity contribution < 1.29 is 9.90 Å². The second-order valence-corrected chi connectivity index (χ2v) is 5.12. The Morgan fingerprint density at radius 2 is 1.74 bits per heavy atom. The van der Waals surface area contributed by atoms with Gasteiger partial charge in [0.2, 0.25) is 0 Å². The third kappa shape index (κ3) is 5.45. The summed E-state index contributed by atoms with van der Waals surface area (Å²) in [6, 6.07) is 0. The Morgan fingerprint density at radius 1 is 1.16 bits per heavy atom. The van der Waals surface area contributed by atoms with E-state index < -0.39 is 5.97 Å². The average molecular weight is 266 g/mol. The molecule has 0 bridgehead atoms. The van der Waals surface area contributed by atoms with Gasteiger partial charge in [-0.3, -0.25) is 0 Å². The molecule has 0 aromatic carbocycles. The first-order valence-corrected chi connectivity index (χ1v) is 7.42. The summed E-state index contributed by atoms with van der Waals surface area (Å²) in [5.74, 6) is -0.0967. The fourth-order valence-electron chi connectivity index (χ4n) is 2.32. The summed E-state index contributed by atoms with van der Waals surface area (Å²) in [6.07, 6.45) is 11.5. The minimum atomic E-state index is -0.889. The summed E-state index contributed by atoms with van der Waals surface area (Å²) in [5.41, 5.74) is 0.306. The van der Waals surface area contributed by atoms with E-state index in [0.29, 0.717) is 5.69 Å². The van der Waals surface area contributed by atoms with Crippen molar-refractivity contribution in [2.24, 2.45) is 0 Å².